The minimum absolute atomic E-state index is 0.0758. The van der Waals surface area contributed by atoms with Crippen molar-refractivity contribution in [2.75, 3.05) is 5.32 Å². The number of carbonyl (C=O) groups excluding carboxylic acids is 1. The van der Waals surface area contributed by atoms with Crippen LogP contribution in [-0.4, -0.2) is 21.7 Å². The second-order valence-electron chi connectivity index (χ2n) is 3.95. The van der Waals surface area contributed by atoms with Gasteiger partial charge < -0.3 is 20.7 Å². The molecule has 2 aromatic rings. The average molecular weight is 270 g/mol. The molecule has 0 aliphatic heterocycles. The molecule has 100 valence electrons. The van der Waals surface area contributed by atoms with E-state index in [9.17, 15) is 9.59 Å². The Balaban J connectivity index is 2.44. The SMILES string of the molecule is N#Cc1ccc(-n2cc(NC(N)=O)c(C(=O)O)c2)cc1. The van der Waals surface area contributed by atoms with E-state index in [4.69, 9.17) is 16.1 Å². The third-order valence-electron chi connectivity index (χ3n) is 2.61. The Morgan fingerprint density at radius 2 is 1.90 bits per heavy atom. The monoisotopic (exact) mass is 270 g/mol. The Bertz CT molecular complexity index is 710. The molecule has 0 saturated heterocycles. The summed E-state index contributed by atoms with van der Waals surface area (Å²) in [5.41, 5.74) is 6.17. The van der Waals surface area contributed by atoms with Crippen LogP contribution in [0.1, 0.15) is 15.9 Å². The van der Waals surface area contributed by atoms with E-state index in [0.717, 1.165) is 0 Å². The smallest absolute Gasteiger partial charge is 0.339 e. The summed E-state index contributed by atoms with van der Waals surface area (Å²) in [4.78, 5) is 21.9. The topological polar surface area (TPSA) is 121 Å². The fourth-order valence-corrected chi connectivity index (χ4v) is 1.71. The van der Waals surface area contributed by atoms with Crippen molar-refractivity contribution in [2.24, 2.45) is 5.73 Å². The summed E-state index contributed by atoms with van der Waals surface area (Å²) in [6, 6.07) is 7.69. The summed E-state index contributed by atoms with van der Waals surface area (Å²) in [5.74, 6) is -1.18. The van der Waals surface area contributed by atoms with Crippen LogP contribution in [0.4, 0.5) is 10.5 Å². The van der Waals surface area contributed by atoms with Crippen LogP contribution in [0.25, 0.3) is 5.69 Å². The second kappa shape index (κ2) is 5.16. The van der Waals surface area contributed by atoms with E-state index in [2.05, 4.69) is 5.32 Å². The summed E-state index contributed by atoms with van der Waals surface area (Å²) >= 11 is 0. The molecule has 7 heteroatoms. The molecule has 0 unspecified atom stereocenters. The molecule has 1 aromatic carbocycles. The standard InChI is InChI=1S/C13H10N4O3/c14-5-8-1-3-9(4-2-8)17-6-10(12(18)19)11(7-17)16-13(15)20/h1-4,6-7H,(H,18,19)(H3,15,16,20). The summed E-state index contributed by atoms with van der Waals surface area (Å²) in [5, 5.41) is 20.0. The van der Waals surface area contributed by atoms with Crippen LogP contribution in [0.2, 0.25) is 0 Å². The number of nitrogens with two attached hydrogens (primary N) is 1. The van der Waals surface area contributed by atoms with Crippen LogP contribution in [-0.2, 0) is 0 Å². The van der Waals surface area contributed by atoms with Gasteiger partial charge in [-0.2, -0.15) is 5.26 Å². The van der Waals surface area contributed by atoms with Crippen molar-refractivity contribution < 1.29 is 14.7 Å². The number of nitrogens with one attached hydrogen (secondary N) is 1. The Hall–Kier alpha value is -3.27. The molecule has 0 radical (unpaired) electrons. The Morgan fingerprint density at radius 1 is 1.25 bits per heavy atom. The van der Waals surface area contributed by atoms with Crippen LogP contribution in [0.15, 0.2) is 36.7 Å². The number of nitrogens with zero attached hydrogens (tertiary/aromatic N) is 2. The van der Waals surface area contributed by atoms with E-state index < -0.39 is 12.0 Å². The molecular weight excluding hydrogens is 260 g/mol. The maximum atomic E-state index is 11.1. The van der Waals surface area contributed by atoms with Crippen molar-refractivity contribution in [3.05, 3.63) is 47.8 Å². The van der Waals surface area contributed by atoms with E-state index in [1.165, 1.54) is 17.0 Å². The number of benzene rings is 1. The zero-order valence-electron chi connectivity index (χ0n) is 10.2. The predicted molar refractivity (Wildman–Crippen MR) is 70.6 cm³/mol. The van der Waals surface area contributed by atoms with E-state index in [-0.39, 0.29) is 11.3 Å². The maximum Gasteiger partial charge on any atom is 0.339 e. The van der Waals surface area contributed by atoms with Gasteiger partial charge in [-0.3, -0.25) is 0 Å². The van der Waals surface area contributed by atoms with Gasteiger partial charge in [-0.25, -0.2) is 9.59 Å². The average Bonchev–Trinajstić information content (AvgIpc) is 2.82. The molecule has 0 aliphatic carbocycles. The number of nitriles is 1. The molecule has 0 atom stereocenters. The molecule has 0 fully saturated rings. The second-order valence-corrected chi connectivity index (χ2v) is 3.95. The summed E-state index contributed by atoms with van der Waals surface area (Å²) in [7, 11) is 0. The van der Waals surface area contributed by atoms with Gasteiger partial charge in [0.1, 0.15) is 5.56 Å². The molecule has 1 aromatic heterocycles. The number of aromatic nitrogens is 1. The van der Waals surface area contributed by atoms with Crippen molar-refractivity contribution in [3.63, 3.8) is 0 Å². The highest BCUT2D eigenvalue weighted by molar-refractivity contribution is 5.99. The lowest BCUT2D eigenvalue weighted by Gasteiger charge is -2.02. The Kier molecular flexibility index (Phi) is 3.39. The maximum absolute atomic E-state index is 11.1. The number of hydrogen-bond acceptors (Lipinski definition) is 3. The van der Waals surface area contributed by atoms with Crippen molar-refractivity contribution in [3.8, 4) is 11.8 Å². The first-order valence-corrected chi connectivity index (χ1v) is 5.53. The molecule has 0 saturated carbocycles. The number of hydrogen-bond donors (Lipinski definition) is 3. The van der Waals surface area contributed by atoms with Gasteiger partial charge in [0.25, 0.3) is 0 Å². The van der Waals surface area contributed by atoms with Gasteiger partial charge in [0.05, 0.1) is 17.3 Å². The van der Waals surface area contributed by atoms with Crippen molar-refractivity contribution in [1.29, 1.82) is 5.26 Å². The zero-order chi connectivity index (χ0) is 14.7. The van der Waals surface area contributed by atoms with E-state index in [1.54, 1.807) is 24.3 Å². The number of urea groups is 1. The molecule has 0 spiro atoms. The fraction of sp³-hybridized carbons (Fsp3) is 0. The van der Waals surface area contributed by atoms with Gasteiger partial charge in [-0.15, -0.1) is 0 Å². The van der Waals surface area contributed by atoms with Gasteiger partial charge in [-0.1, -0.05) is 0 Å². The first-order chi connectivity index (χ1) is 9.51. The number of amides is 2. The van der Waals surface area contributed by atoms with Crippen molar-refractivity contribution in [1.82, 2.24) is 4.57 Å². The molecule has 1 heterocycles. The summed E-state index contributed by atoms with van der Waals surface area (Å²) in [6.07, 6.45) is 2.80. The van der Waals surface area contributed by atoms with Crippen LogP contribution in [0.5, 0.6) is 0 Å². The van der Waals surface area contributed by atoms with Gasteiger partial charge in [0.2, 0.25) is 0 Å². The lowest BCUT2D eigenvalue weighted by molar-refractivity contribution is 0.0698. The van der Waals surface area contributed by atoms with Crippen LogP contribution in [0, 0.1) is 11.3 Å². The van der Waals surface area contributed by atoms with Gasteiger partial charge in [0.15, 0.2) is 0 Å². The summed E-state index contributed by atoms with van der Waals surface area (Å²) < 4.78 is 1.52. The molecule has 0 aliphatic rings. The fourth-order valence-electron chi connectivity index (χ4n) is 1.71. The molecule has 20 heavy (non-hydrogen) atoms. The first-order valence-electron chi connectivity index (χ1n) is 5.53. The van der Waals surface area contributed by atoms with Crippen LogP contribution < -0.4 is 11.1 Å². The number of carbonyl (C=O) groups is 2. The molecular formula is C13H10N4O3. The molecule has 2 amide bonds. The molecule has 2 rings (SSSR count). The highest BCUT2D eigenvalue weighted by Crippen LogP contribution is 2.21. The van der Waals surface area contributed by atoms with Gasteiger partial charge >= 0.3 is 12.0 Å². The van der Waals surface area contributed by atoms with Crippen molar-refractivity contribution >= 4 is 17.7 Å². The zero-order valence-corrected chi connectivity index (χ0v) is 10.2. The molecule has 4 N–H and O–H groups in total. The van der Waals surface area contributed by atoms with Crippen LogP contribution in [0.3, 0.4) is 0 Å². The highest BCUT2D eigenvalue weighted by atomic mass is 16.4. The highest BCUT2D eigenvalue weighted by Gasteiger charge is 2.15. The van der Waals surface area contributed by atoms with Gasteiger partial charge in [-0.05, 0) is 24.3 Å². The van der Waals surface area contributed by atoms with Crippen molar-refractivity contribution in [2.45, 2.75) is 0 Å². The lowest BCUT2D eigenvalue weighted by atomic mass is 10.2. The number of aromatic carboxylic acids is 1. The Morgan fingerprint density at radius 3 is 2.40 bits per heavy atom. The van der Waals surface area contributed by atoms with E-state index >= 15 is 0 Å². The third kappa shape index (κ3) is 2.59. The normalized spacial score (nSPS) is 9.75. The molecule has 7 nitrogen and oxygen atoms in total. The number of primary amides is 1. The minimum Gasteiger partial charge on any atom is -0.478 e. The lowest BCUT2D eigenvalue weighted by Crippen LogP contribution is -2.20. The first kappa shape index (κ1) is 13.2. The predicted octanol–water partition coefficient (Wildman–Crippen LogP) is 1.54. The number of carboxylic acid groups (broad SMARTS) is 1. The number of rotatable bonds is 3. The number of carboxylic acids is 1. The van der Waals surface area contributed by atoms with E-state index in [1.807, 2.05) is 6.07 Å². The van der Waals surface area contributed by atoms with Gasteiger partial charge in [0, 0.05) is 18.1 Å². The largest absolute Gasteiger partial charge is 0.478 e. The van der Waals surface area contributed by atoms with Crippen LogP contribution >= 0.6 is 0 Å². The Labute approximate surface area is 113 Å². The van der Waals surface area contributed by atoms with E-state index in [0.29, 0.717) is 11.3 Å². The quantitative estimate of drug-likeness (QED) is 0.782. The minimum atomic E-state index is -1.18. The number of anilines is 1. The summed E-state index contributed by atoms with van der Waals surface area (Å²) in [6.45, 7) is 0. The third-order valence-corrected chi connectivity index (χ3v) is 2.61. The molecule has 0 bridgehead atoms.